The lowest BCUT2D eigenvalue weighted by molar-refractivity contribution is -0.141. The Morgan fingerprint density at radius 3 is 2.23 bits per heavy atom. The van der Waals surface area contributed by atoms with E-state index >= 15 is 0 Å². The van der Waals surface area contributed by atoms with Gasteiger partial charge in [-0.25, -0.2) is 26.9 Å². The van der Waals surface area contributed by atoms with Gasteiger partial charge < -0.3 is 4.57 Å². The fraction of sp³-hybridized carbons (Fsp3) is 0.115. The van der Waals surface area contributed by atoms with Gasteiger partial charge in [-0.3, -0.25) is 0 Å². The lowest BCUT2D eigenvalue weighted by Crippen LogP contribution is -2.08. The Morgan fingerprint density at radius 1 is 0.846 bits per heavy atom. The smallest absolute Gasteiger partial charge is 0.301 e. The SMILES string of the molecule is Cc1nc(C(F)(F)F)cn1-c1ccc(-c2cccc(S(C)(=O)=O)c2)cc1-n1nncc1-c1ccc(F)c(F)c1. The van der Waals surface area contributed by atoms with Crippen LogP contribution in [0.3, 0.4) is 0 Å². The molecule has 0 unspecified atom stereocenters. The Balaban J connectivity index is 1.75. The van der Waals surface area contributed by atoms with Gasteiger partial charge in [0.15, 0.2) is 27.2 Å². The summed E-state index contributed by atoms with van der Waals surface area (Å²) >= 11 is 0. The number of alkyl halides is 3. The van der Waals surface area contributed by atoms with E-state index in [1.54, 1.807) is 24.3 Å². The highest BCUT2D eigenvalue weighted by Crippen LogP contribution is 2.34. The maximum absolute atomic E-state index is 14.0. The first-order valence-electron chi connectivity index (χ1n) is 11.3. The third kappa shape index (κ3) is 5.04. The number of aromatic nitrogens is 5. The van der Waals surface area contributed by atoms with Gasteiger partial charge in [0.25, 0.3) is 0 Å². The topological polar surface area (TPSA) is 82.7 Å². The second kappa shape index (κ2) is 9.42. The van der Waals surface area contributed by atoms with E-state index < -0.39 is 33.3 Å². The molecule has 3 aromatic carbocycles. The van der Waals surface area contributed by atoms with Crippen LogP contribution in [0.2, 0.25) is 0 Å². The Morgan fingerprint density at radius 2 is 1.56 bits per heavy atom. The summed E-state index contributed by atoms with van der Waals surface area (Å²) in [6, 6.07) is 14.1. The average molecular weight is 560 g/mol. The van der Waals surface area contributed by atoms with Gasteiger partial charge in [0.2, 0.25) is 0 Å². The standard InChI is InChI=1S/C26H18F5N5O2S/c1-15-33-25(26(29,30)31)14-35(15)22-9-7-17(16-4-3-5-19(10-16)39(2,37)38)12-23(22)36-24(13-32-34-36)18-6-8-20(27)21(28)11-18/h3-14H,1-2H3. The van der Waals surface area contributed by atoms with Gasteiger partial charge in [-0.1, -0.05) is 23.4 Å². The fourth-order valence-electron chi connectivity index (χ4n) is 4.10. The quantitative estimate of drug-likeness (QED) is 0.255. The van der Waals surface area contributed by atoms with Crippen molar-refractivity contribution >= 4 is 9.84 Å². The number of nitrogens with zero attached hydrogens (tertiary/aromatic N) is 5. The average Bonchev–Trinajstić information content (AvgIpc) is 3.52. The molecule has 5 aromatic rings. The van der Waals surface area contributed by atoms with Crippen molar-refractivity contribution in [3.8, 4) is 33.8 Å². The molecule has 0 aliphatic carbocycles. The van der Waals surface area contributed by atoms with Crippen LogP contribution in [0.25, 0.3) is 33.8 Å². The zero-order chi connectivity index (χ0) is 28.1. The van der Waals surface area contributed by atoms with E-state index in [0.29, 0.717) is 11.1 Å². The summed E-state index contributed by atoms with van der Waals surface area (Å²) in [4.78, 5) is 3.71. The highest BCUT2D eigenvalue weighted by Gasteiger charge is 2.34. The number of hydrogen-bond acceptors (Lipinski definition) is 5. The Bertz CT molecular complexity index is 1830. The molecule has 5 rings (SSSR count). The van der Waals surface area contributed by atoms with Crippen LogP contribution < -0.4 is 0 Å². The number of rotatable bonds is 5. The van der Waals surface area contributed by atoms with Crippen molar-refractivity contribution in [1.82, 2.24) is 24.5 Å². The van der Waals surface area contributed by atoms with Gasteiger partial charge in [0.1, 0.15) is 5.82 Å². The second-order valence-corrected chi connectivity index (χ2v) is 10.7. The van der Waals surface area contributed by atoms with Gasteiger partial charge in [-0.05, 0) is 60.5 Å². The van der Waals surface area contributed by atoms with Gasteiger partial charge in [0, 0.05) is 18.0 Å². The zero-order valence-electron chi connectivity index (χ0n) is 20.3. The summed E-state index contributed by atoms with van der Waals surface area (Å²) in [6.45, 7) is 1.40. The van der Waals surface area contributed by atoms with Crippen molar-refractivity contribution in [3.63, 3.8) is 0 Å². The number of aryl methyl sites for hydroxylation is 1. The van der Waals surface area contributed by atoms with Crippen LogP contribution in [-0.2, 0) is 16.0 Å². The number of hydrogen-bond donors (Lipinski definition) is 0. The molecule has 0 aliphatic rings. The summed E-state index contributed by atoms with van der Waals surface area (Å²) < 4.78 is 94.6. The molecule has 0 bridgehead atoms. The van der Waals surface area contributed by atoms with Gasteiger partial charge >= 0.3 is 6.18 Å². The van der Waals surface area contributed by atoms with E-state index in [0.717, 1.165) is 24.6 Å². The first-order valence-corrected chi connectivity index (χ1v) is 13.2. The first kappa shape index (κ1) is 26.2. The maximum atomic E-state index is 14.0. The van der Waals surface area contributed by atoms with Crippen LogP contribution in [0.15, 0.2) is 78.0 Å². The van der Waals surface area contributed by atoms with Crippen LogP contribution in [0.5, 0.6) is 0 Å². The van der Waals surface area contributed by atoms with Crippen molar-refractivity contribution in [1.29, 1.82) is 0 Å². The molecule has 0 spiro atoms. The molecular formula is C26H18F5N5O2S. The van der Waals surface area contributed by atoms with Crippen molar-refractivity contribution < 1.29 is 30.4 Å². The normalized spacial score (nSPS) is 12.2. The highest BCUT2D eigenvalue weighted by molar-refractivity contribution is 7.90. The predicted octanol–water partition coefficient (Wildman–Crippen LogP) is 5.80. The molecule has 200 valence electrons. The molecule has 0 aliphatic heterocycles. The molecule has 39 heavy (non-hydrogen) atoms. The van der Waals surface area contributed by atoms with E-state index in [2.05, 4.69) is 15.3 Å². The predicted molar refractivity (Wildman–Crippen MR) is 132 cm³/mol. The van der Waals surface area contributed by atoms with Crippen LogP contribution in [0, 0.1) is 18.6 Å². The first-order chi connectivity index (χ1) is 18.3. The van der Waals surface area contributed by atoms with Crippen LogP contribution >= 0.6 is 0 Å². The molecule has 13 heteroatoms. The van der Waals surface area contributed by atoms with Gasteiger partial charge in [-0.15, -0.1) is 5.10 Å². The Kier molecular flexibility index (Phi) is 6.33. The molecule has 7 nitrogen and oxygen atoms in total. The van der Waals surface area contributed by atoms with Crippen LogP contribution in [0.1, 0.15) is 11.5 Å². The van der Waals surface area contributed by atoms with E-state index in [1.165, 1.54) is 46.6 Å². The number of benzene rings is 3. The van der Waals surface area contributed by atoms with Crippen LogP contribution in [-0.4, -0.2) is 39.2 Å². The molecule has 2 heterocycles. The monoisotopic (exact) mass is 559 g/mol. The van der Waals surface area contributed by atoms with Crippen LogP contribution in [0.4, 0.5) is 22.0 Å². The van der Waals surface area contributed by atoms with Gasteiger partial charge in [-0.2, -0.15) is 13.2 Å². The maximum Gasteiger partial charge on any atom is 0.434 e. The molecule has 0 atom stereocenters. The fourth-order valence-corrected chi connectivity index (χ4v) is 4.77. The molecule has 2 aromatic heterocycles. The summed E-state index contributed by atoms with van der Waals surface area (Å²) in [5.74, 6) is -2.13. The third-order valence-corrected chi connectivity index (χ3v) is 7.11. The summed E-state index contributed by atoms with van der Waals surface area (Å²) in [5.41, 5.74) is 0.823. The van der Waals surface area contributed by atoms with E-state index in [4.69, 9.17) is 0 Å². The lowest BCUT2D eigenvalue weighted by Gasteiger charge is -2.16. The van der Waals surface area contributed by atoms with Crippen molar-refractivity contribution in [3.05, 3.63) is 96.2 Å². The minimum Gasteiger partial charge on any atom is -0.301 e. The molecule has 0 amide bonds. The van der Waals surface area contributed by atoms with Crippen molar-refractivity contribution in [2.75, 3.05) is 6.26 Å². The number of sulfone groups is 1. The second-order valence-electron chi connectivity index (χ2n) is 8.70. The van der Waals surface area contributed by atoms with Crippen molar-refractivity contribution in [2.45, 2.75) is 18.0 Å². The molecule has 0 saturated heterocycles. The highest BCUT2D eigenvalue weighted by atomic mass is 32.2. The zero-order valence-corrected chi connectivity index (χ0v) is 21.1. The number of imidazole rings is 1. The van der Waals surface area contributed by atoms with Gasteiger partial charge in [0.05, 0.1) is 28.2 Å². The van der Waals surface area contributed by atoms with E-state index in [1.807, 2.05) is 0 Å². The molecule has 0 fully saturated rings. The minimum absolute atomic E-state index is 0.0323. The third-order valence-electron chi connectivity index (χ3n) is 6.00. The molecule has 0 N–H and O–H groups in total. The van der Waals surface area contributed by atoms with E-state index in [9.17, 15) is 30.4 Å². The number of halogens is 5. The summed E-state index contributed by atoms with van der Waals surface area (Å²) in [7, 11) is -3.52. The Labute approximate surface area is 219 Å². The van der Waals surface area contributed by atoms with E-state index in [-0.39, 0.29) is 33.4 Å². The summed E-state index contributed by atoms with van der Waals surface area (Å²) in [6.07, 6.45) is -1.47. The molecule has 0 saturated carbocycles. The molecular weight excluding hydrogens is 541 g/mol. The lowest BCUT2D eigenvalue weighted by atomic mass is 10.0. The Hall–Kier alpha value is -4.39. The largest absolute Gasteiger partial charge is 0.434 e. The summed E-state index contributed by atoms with van der Waals surface area (Å²) in [5, 5.41) is 7.97. The van der Waals surface area contributed by atoms with Crippen molar-refractivity contribution in [2.24, 2.45) is 0 Å². The minimum atomic E-state index is -4.69. The molecule has 0 radical (unpaired) electrons.